The molecule has 2 heterocycles. The van der Waals surface area contributed by atoms with E-state index in [1.165, 1.54) is 4.90 Å². The van der Waals surface area contributed by atoms with Gasteiger partial charge in [0.1, 0.15) is 18.1 Å². The second kappa shape index (κ2) is 4.09. The van der Waals surface area contributed by atoms with Crippen molar-refractivity contribution >= 4 is 11.8 Å². The van der Waals surface area contributed by atoms with Crippen LogP contribution in [0.1, 0.15) is 24.9 Å². The van der Waals surface area contributed by atoms with Crippen LogP contribution in [0, 0.1) is 5.92 Å². The van der Waals surface area contributed by atoms with Crippen LogP contribution in [0.2, 0.25) is 0 Å². The van der Waals surface area contributed by atoms with E-state index in [9.17, 15) is 9.59 Å². The third-order valence-corrected chi connectivity index (χ3v) is 2.66. The molecule has 1 saturated heterocycles. The predicted octanol–water partition coefficient (Wildman–Crippen LogP) is 0.667. The number of aliphatic hydroxyl groups is 1. The van der Waals surface area contributed by atoms with E-state index in [4.69, 9.17) is 9.52 Å². The number of imide groups is 1. The average Bonchev–Trinajstić information content (AvgIpc) is 2.80. The summed E-state index contributed by atoms with van der Waals surface area (Å²) in [5, 5.41) is 8.82. The van der Waals surface area contributed by atoms with Crippen molar-refractivity contribution in [3.63, 3.8) is 0 Å². The van der Waals surface area contributed by atoms with Gasteiger partial charge in [-0.05, 0) is 12.1 Å². The Morgan fingerprint density at radius 1 is 1.44 bits per heavy atom. The summed E-state index contributed by atoms with van der Waals surface area (Å²) in [6.07, 6.45) is 0.270. The Balaban J connectivity index is 2.09. The van der Waals surface area contributed by atoms with E-state index in [0.29, 0.717) is 11.5 Å². The van der Waals surface area contributed by atoms with Crippen molar-refractivity contribution in [2.45, 2.75) is 26.5 Å². The van der Waals surface area contributed by atoms with Gasteiger partial charge in [-0.3, -0.25) is 14.5 Å². The summed E-state index contributed by atoms with van der Waals surface area (Å²) in [5.74, 6) is 0.383. The van der Waals surface area contributed by atoms with Crippen molar-refractivity contribution in [3.05, 3.63) is 23.7 Å². The normalized spacial score (nSPS) is 20.9. The van der Waals surface area contributed by atoms with Crippen LogP contribution in [0.4, 0.5) is 0 Å². The van der Waals surface area contributed by atoms with E-state index >= 15 is 0 Å². The molecule has 0 radical (unpaired) electrons. The topological polar surface area (TPSA) is 70.8 Å². The maximum atomic E-state index is 11.6. The maximum absolute atomic E-state index is 11.6. The van der Waals surface area contributed by atoms with Gasteiger partial charge in [0.15, 0.2) is 0 Å². The molecular weight excluding hydrogens is 210 g/mol. The third kappa shape index (κ3) is 1.86. The van der Waals surface area contributed by atoms with Crippen LogP contribution >= 0.6 is 0 Å². The second-order valence-corrected chi connectivity index (χ2v) is 3.95. The van der Waals surface area contributed by atoms with Crippen LogP contribution in [0.5, 0.6) is 0 Å². The minimum atomic E-state index is -0.236. The number of hydrogen-bond donors (Lipinski definition) is 1. The summed E-state index contributed by atoms with van der Waals surface area (Å²) >= 11 is 0. The minimum absolute atomic E-state index is 0.155. The molecular formula is C11H13NO4. The number of furan rings is 1. The lowest BCUT2D eigenvalue weighted by Gasteiger charge is -2.11. The fourth-order valence-corrected chi connectivity index (χ4v) is 1.76. The smallest absolute Gasteiger partial charge is 0.232 e. The molecule has 5 nitrogen and oxygen atoms in total. The molecule has 16 heavy (non-hydrogen) atoms. The van der Waals surface area contributed by atoms with Gasteiger partial charge in [0, 0.05) is 12.3 Å². The summed E-state index contributed by atoms with van der Waals surface area (Å²) in [6, 6.07) is 3.29. The second-order valence-electron chi connectivity index (χ2n) is 3.95. The first-order valence-electron chi connectivity index (χ1n) is 5.14. The molecule has 0 saturated carbocycles. The summed E-state index contributed by atoms with van der Waals surface area (Å²) in [6.45, 7) is 1.71. The molecule has 1 aliphatic heterocycles. The highest BCUT2D eigenvalue weighted by Crippen LogP contribution is 2.21. The third-order valence-electron chi connectivity index (χ3n) is 2.66. The predicted molar refractivity (Wildman–Crippen MR) is 54.0 cm³/mol. The van der Waals surface area contributed by atoms with E-state index in [1.54, 1.807) is 19.1 Å². The summed E-state index contributed by atoms with van der Waals surface area (Å²) in [7, 11) is 0. The summed E-state index contributed by atoms with van der Waals surface area (Å²) < 4.78 is 5.23. The lowest BCUT2D eigenvalue weighted by molar-refractivity contribution is -0.140. The van der Waals surface area contributed by atoms with Gasteiger partial charge in [-0.2, -0.15) is 0 Å². The van der Waals surface area contributed by atoms with Gasteiger partial charge in [0.05, 0.1) is 6.54 Å². The van der Waals surface area contributed by atoms with E-state index < -0.39 is 0 Å². The molecule has 1 N–H and O–H groups in total. The molecule has 2 amide bonds. The van der Waals surface area contributed by atoms with Crippen LogP contribution in [-0.4, -0.2) is 21.8 Å². The van der Waals surface area contributed by atoms with Crippen molar-refractivity contribution in [2.75, 3.05) is 0 Å². The highest BCUT2D eigenvalue weighted by molar-refractivity contribution is 6.03. The summed E-state index contributed by atoms with van der Waals surface area (Å²) in [4.78, 5) is 24.3. The zero-order chi connectivity index (χ0) is 11.7. The van der Waals surface area contributed by atoms with Gasteiger partial charge in [-0.15, -0.1) is 0 Å². The average molecular weight is 223 g/mol. The zero-order valence-corrected chi connectivity index (χ0v) is 8.97. The van der Waals surface area contributed by atoms with Crippen molar-refractivity contribution in [3.8, 4) is 0 Å². The highest BCUT2D eigenvalue weighted by atomic mass is 16.4. The Labute approximate surface area is 92.7 Å². The molecule has 1 fully saturated rings. The molecule has 0 aliphatic carbocycles. The van der Waals surface area contributed by atoms with E-state index in [0.717, 1.165) is 0 Å². The minimum Gasteiger partial charge on any atom is -0.462 e. The quantitative estimate of drug-likeness (QED) is 0.764. The molecule has 0 aromatic carbocycles. The Hall–Kier alpha value is -1.62. The molecule has 2 rings (SSSR count). The van der Waals surface area contributed by atoms with E-state index in [-0.39, 0.29) is 37.3 Å². The van der Waals surface area contributed by atoms with E-state index in [1.807, 2.05) is 0 Å². The van der Waals surface area contributed by atoms with Crippen molar-refractivity contribution in [1.29, 1.82) is 0 Å². The van der Waals surface area contributed by atoms with Crippen LogP contribution in [0.15, 0.2) is 16.5 Å². The van der Waals surface area contributed by atoms with Crippen molar-refractivity contribution in [1.82, 2.24) is 4.90 Å². The molecule has 1 aromatic heterocycles. The fraction of sp³-hybridized carbons (Fsp3) is 0.455. The maximum Gasteiger partial charge on any atom is 0.232 e. The van der Waals surface area contributed by atoms with Crippen molar-refractivity contribution < 1.29 is 19.1 Å². The Morgan fingerprint density at radius 2 is 2.12 bits per heavy atom. The largest absolute Gasteiger partial charge is 0.462 e. The van der Waals surface area contributed by atoms with Crippen LogP contribution in [0.3, 0.4) is 0 Å². The monoisotopic (exact) mass is 223 g/mol. The van der Waals surface area contributed by atoms with Gasteiger partial charge in [0.2, 0.25) is 11.8 Å². The number of carbonyl (C=O) groups is 2. The molecule has 0 spiro atoms. The van der Waals surface area contributed by atoms with Gasteiger partial charge >= 0.3 is 0 Å². The van der Waals surface area contributed by atoms with Gasteiger partial charge in [0.25, 0.3) is 0 Å². The SMILES string of the molecule is CC1CC(=O)N(Cc2ccc(CO)o2)C1=O. The first kappa shape index (κ1) is 10.9. The first-order valence-corrected chi connectivity index (χ1v) is 5.14. The Morgan fingerprint density at radius 3 is 2.62 bits per heavy atom. The lowest BCUT2D eigenvalue weighted by atomic mass is 10.1. The molecule has 1 aliphatic rings. The molecule has 1 aromatic rings. The van der Waals surface area contributed by atoms with Crippen LogP contribution in [-0.2, 0) is 22.7 Å². The molecule has 1 atom stereocenters. The van der Waals surface area contributed by atoms with Gasteiger partial charge in [-0.25, -0.2) is 0 Å². The number of carbonyl (C=O) groups excluding carboxylic acids is 2. The number of likely N-dealkylation sites (tertiary alicyclic amines) is 1. The Kier molecular flexibility index (Phi) is 2.78. The van der Waals surface area contributed by atoms with E-state index in [2.05, 4.69) is 0 Å². The standard InChI is InChI=1S/C11H13NO4/c1-7-4-10(14)12(11(7)15)5-8-2-3-9(6-13)16-8/h2-3,7,13H,4-6H2,1H3. The lowest BCUT2D eigenvalue weighted by Crippen LogP contribution is -2.29. The molecule has 5 heteroatoms. The number of amides is 2. The van der Waals surface area contributed by atoms with Crippen LogP contribution < -0.4 is 0 Å². The highest BCUT2D eigenvalue weighted by Gasteiger charge is 2.35. The number of rotatable bonds is 3. The Bertz CT molecular complexity index is 423. The van der Waals surface area contributed by atoms with Crippen molar-refractivity contribution in [2.24, 2.45) is 5.92 Å². The van der Waals surface area contributed by atoms with Crippen LogP contribution in [0.25, 0.3) is 0 Å². The number of nitrogens with zero attached hydrogens (tertiary/aromatic N) is 1. The number of aliphatic hydroxyl groups excluding tert-OH is 1. The van der Waals surface area contributed by atoms with Gasteiger partial charge in [-0.1, -0.05) is 6.92 Å². The number of hydrogen-bond acceptors (Lipinski definition) is 4. The first-order chi connectivity index (χ1) is 7.61. The zero-order valence-electron chi connectivity index (χ0n) is 8.97. The summed E-state index contributed by atoms with van der Waals surface area (Å²) in [5.41, 5.74) is 0. The molecule has 1 unspecified atom stereocenters. The molecule has 86 valence electrons. The molecule has 0 bridgehead atoms. The fourth-order valence-electron chi connectivity index (χ4n) is 1.76. The van der Waals surface area contributed by atoms with Gasteiger partial charge < -0.3 is 9.52 Å².